The lowest BCUT2D eigenvalue weighted by Crippen LogP contribution is -2.05. The van der Waals surface area contributed by atoms with Gasteiger partial charge in [-0.3, -0.25) is 0 Å². The van der Waals surface area contributed by atoms with Gasteiger partial charge >= 0.3 is 5.97 Å². The van der Waals surface area contributed by atoms with Crippen molar-refractivity contribution in [2.24, 2.45) is 0 Å². The number of hydrogen-bond donors (Lipinski definition) is 1. The van der Waals surface area contributed by atoms with Gasteiger partial charge in [0.05, 0.1) is 7.11 Å². The Morgan fingerprint density at radius 1 is 1.33 bits per heavy atom. The van der Waals surface area contributed by atoms with Crippen LogP contribution in [-0.4, -0.2) is 18.1 Å². The fourth-order valence-corrected chi connectivity index (χ4v) is 2.87. The number of thiazole rings is 1. The summed E-state index contributed by atoms with van der Waals surface area (Å²) in [5, 5.41) is 3.80. The molecule has 4 nitrogen and oxygen atoms in total. The van der Waals surface area contributed by atoms with Gasteiger partial charge in [0.1, 0.15) is 5.82 Å². The summed E-state index contributed by atoms with van der Waals surface area (Å²) in [5.41, 5.74) is 2.55. The standard InChI is InChI=1S/C15H17FN2O2S/c1-8-5-11(6-9(2)12(8)16)7-17-15-18-13(10(3)21-15)14(19)20-4/h5-6H,7H2,1-4H3,(H,17,18). The second kappa shape index (κ2) is 6.22. The number of carbonyl (C=O) groups excluding carboxylic acids is 1. The molecule has 21 heavy (non-hydrogen) atoms. The minimum atomic E-state index is -0.440. The molecule has 2 rings (SSSR count). The predicted molar refractivity (Wildman–Crippen MR) is 81.4 cm³/mol. The fraction of sp³-hybridized carbons (Fsp3) is 0.333. The third-order valence-corrected chi connectivity index (χ3v) is 4.04. The van der Waals surface area contributed by atoms with Crippen molar-refractivity contribution in [3.63, 3.8) is 0 Å². The normalized spacial score (nSPS) is 10.5. The molecule has 0 aliphatic carbocycles. The number of esters is 1. The number of ether oxygens (including phenoxy) is 1. The van der Waals surface area contributed by atoms with Gasteiger partial charge in [-0.2, -0.15) is 0 Å². The van der Waals surface area contributed by atoms with Gasteiger partial charge in [-0.1, -0.05) is 12.1 Å². The van der Waals surface area contributed by atoms with Crippen molar-refractivity contribution in [2.45, 2.75) is 27.3 Å². The summed E-state index contributed by atoms with van der Waals surface area (Å²) in [4.78, 5) is 16.5. The first-order valence-electron chi connectivity index (χ1n) is 6.47. The molecule has 0 atom stereocenters. The lowest BCUT2D eigenvalue weighted by Gasteiger charge is -2.07. The van der Waals surface area contributed by atoms with Crippen LogP contribution in [0.25, 0.3) is 0 Å². The number of aromatic nitrogens is 1. The molecule has 0 aliphatic heterocycles. The second-order valence-electron chi connectivity index (χ2n) is 4.81. The van der Waals surface area contributed by atoms with Gasteiger partial charge in [0, 0.05) is 11.4 Å². The van der Waals surface area contributed by atoms with E-state index in [1.807, 2.05) is 6.92 Å². The molecule has 0 bridgehead atoms. The van der Waals surface area contributed by atoms with Gasteiger partial charge in [0.2, 0.25) is 0 Å². The van der Waals surface area contributed by atoms with Gasteiger partial charge in [-0.05, 0) is 37.5 Å². The zero-order valence-electron chi connectivity index (χ0n) is 12.4. The topological polar surface area (TPSA) is 51.2 Å². The number of carbonyl (C=O) groups is 1. The predicted octanol–water partition coefficient (Wildman–Crippen LogP) is 3.61. The maximum Gasteiger partial charge on any atom is 0.357 e. The minimum absolute atomic E-state index is 0.170. The summed E-state index contributed by atoms with van der Waals surface area (Å²) < 4.78 is 18.2. The minimum Gasteiger partial charge on any atom is -0.464 e. The van der Waals surface area contributed by atoms with Gasteiger partial charge in [0.15, 0.2) is 10.8 Å². The third-order valence-electron chi connectivity index (χ3n) is 3.12. The number of methoxy groups -OCH3 is 1. The van der Waals surface area contributed by atoms with Crippen LogP contribution >= 0.6 is 11.3 Å². The van der Waals surface area contributed by atoms with E-state index in [2.05, 4.69) is 15.0 Å². The quantitative estimate of drug-likeness (QED) is 0.877. The molecule has 112 valence electrons. The Morgan fingerprint density at radius 3 is 2.52 bits per heavy atom. The molecule has 0 saturated heterocycles. The van der Waals surface area contributed by atoms with Crippen molar-refractivity contribution in [3.05, 3.63) is 45.2 Å². The zero-order valence-corrected chi connectivity index (χ0v) is 13.2. The molecule has 0 radical (unpaired) electrons. The molecule has 0 spiro atoms. The first-order chi connectivity index (χ1) is 9.92. The van der Waals surface area contributed by atoms with Crippen LogP contribution in [0.5, 0.6) is 0 Å². The zero-order chi connectivity index (χ0) is 15.6. The van der Waals surface area contributed by atoms with Gasteiger partial charge < -0.3 is 10.1 Å². The Morgan fingerprint density at radius 2 is 1.95 bits per heavy atom. The molecular formula is C15H17FN2O2S. The first-order valence-corrected chi connectivity index (χ1v) is 7.29. The molecule has 0 saturated carbocycles. The van der Waals surface area contributed by atoms with E-state index in [4.69, 9.17) is 0 Å². The SMILES string of the molecule is COC(=O)c1nc(NCc2cc(C)c(F)c(C)c2)sc1C. The summed E-state index contributed by atoms with van der Waals surface area (Å²) in [7, 11) is 1.33. The van der Waals surface area contributed by atoms with Crippen LogP contribution in [-0.2, 0) is 11.3 Å². The smallest absolute Gasteiger partial charge is 0.357 e. The Kier molecular flexibility index (Phi) is 4.57. The summed E-state index contributed by atoms with van der Waals surface area (Å²) in [6.07, 6.45) is 0. The van der Waals surface area contributed by atoms with Gasteiger partial charge in [-0.15, -0.1) is 11.3 Å². The van der Waals surface area contributed by atoms with Crippen LogP contribution in [0.4, 0.5) is 9.52 Å². The highest BCUT2D eigenvalue weighted by Crippen LogP contribution is 2.23. The number of anilines is 1. The van der Waals surface area contributed by atoms with Gasteiger partial charge in [-0.25, -0.2) is 14.2 Å². The van der Waals surface area contributed by atoms with Crippen molar-refractivity contribution < 1.29 is 13.9 Å². The molecule has 0 aliphatic rings. The highest BCUT2D eigenvalue weighted by Gasteiger charge is 2.15. The van der Waals surface area contributed by atoms with Crippen molar-refractivity contribution in [3.8, 4) is 0 Å². The summed E-state index contributed by atoms with van der Waals surface area (Å²) in [6.45, 7) is 5.83. The van der Waals surface area contributed by atoms with E-state index in [0.29, 0.717) is 28.5 Å². The van der Waals surface area contributed by atoms with Gasteiger partial charge in [0.25, 0.3) is 0 Å². The highest BCUT2D eigenvalue weighted by molar-refractivity contribution is 7.15. The summed E-state index contributed by atoms with van der Waals surface area (Å²) in [5.74, 6) is -0.609. The van der Waals surface area contributed by atoms with Crippen molar-refractivity contribution in [2.75, 3.05) is 12.4 Å². The van der Waals surface area contributed by atoms with Crippen molar-refractivity contribution in [1.82, 2.24) is 4.98 Å². The van der Waals surface area contributed by atoms with E-state index in [9.17, 15) is 9.18 Å². The number of benzene rings is 1. The molecule has 6 heteroatoms. The average Bonchev–Trinajstić information content (AvgIpc) is 2.82. The molecule has 0 amide bonds. The number of halogens is 1. The highest BCUT2D eigenvalue weighted by atomic mass is 32.1. The summed E-state index contributed by atoms with van der Waals surface area (Å²) >= 11 is 1.39. The number of hydrogen-bond acceptors (Lipinski definition) is 5. The summed E-state index contributed by atoms with van der Waals surface area (Å²) in [6, 6.07) is 3.61. The molecule has 0 fully saturated rings. The Balaban J connectivity index is 2.12. The molecule has 2 aromatic rings. The molecule has 1 aromatic carbocycles. The number of nitrogens with one attached hydrogen (secondary N) is 1. The van der Waals surface area contributed by atoms with Crippen molar-refractivity contribution >= 4 is 22.4 Å². The van der Waals surface area contributed by atoms with Crippen LogP contribution in [0, 0.1) is 26.6 Å². The van der Waals surface area contributed by atoms with E-state index >= 15 is 0 Å². The molecule has 0 unspecified atom stereocenters. The van der Waals surface area contributed by atoms with Crippen LogP contribution in [0.15, 0.2) is 12.1 Å². The second-order valence-corrected chi connectivity index (χ2v) is 6.02. The maximum atomic E-state index is 13.6. The van der Waals surface area contributed by atoms with E-state index in [-0.39, 0.29) is 5.82 Å². The Hall–Kier alpha value is -1.95. The Labute approximate surface area is 127 Å². The molecular weight excluding hydrogens is 291 g/mol. The first kappa shape index (κ1) is 15.4. The lowest BCUT2D eigenvalue weighted by atomic mass is 10.1. The van der Waals surface area contributed by atoms with E-state index in [0.717, 1.165) is 10.4 Å². The van der Waals surface area contributed by atoms with Crippen LogP contribution in [0.3, 0.4) is 0 Å². The van der Waals surface area contributed by atoms with Crippen LogP contribution < -0.4 is 5.32 Å². The number of rotatable bonds is 4. The van der Waals surface area contributed by atoms with E-state index < -0.39 is 5.97 Å². The van der Waals surface area contributed by atoms with E-state index in [1.54, 1.807) is 26.0 Å². The third kappa shape index (κ3) is 3.39. The Bertz CT molecular complexity index is 659. The monoisotopic (exact) mass is 308 g/mol. The average molecular weight is 308 g/mol. The molecule has 1 N–H and O–H groups in total. The number of nitrogens with zero attached hydrogens (tertiary/aromatic N) is 1. The van der Waals surface area contributed by atoms with Crippen molar-refractivity contribution in [1.29, 1.82) is 0 Å². The maximum absolute atomic E-state index is 13.6. The lowest BCUT2D eigenvalue weighted by molar-refractivity contribution is 0.0594. The van der Waals surface area contributed by atoms with E-state index in [1.165, 1.54) is 18.4 Å². The number of aryl methyl sites for hydroxylation is 3. The largest absolute Gasteiger partial charge is 0.464 e. The molecule has 1 aromatic heterocycles. The molecule has 1 heterocycles. The van der Waals surface area contributed by atoms with Crippen LogP contribution in [0.2, 0.25) is 0 Å². The van der Waals surface area contributed by atoms with Crippen LogP contribution in [0.1, 0.15) is 32.1 Å². The fourth-order valence-electron chi connectivity index (χ4n) is 2.07.